The average Bonchev–Trinajstić information content (AvgIpc) is 3.30. The number of rotatable bonds is 6. The molecule has 1 amide bonds. The van der Waals surface area contributed by atoms with Gasteiger partial charge in [0.05, 0.1) is 19.2 Å². The van der Waals surface area contributed by atoms with Crippen molar-refractivity contribution in [1.29, 1.82) is 0 Å². The number of amides is 1. The molecule has 1 atom stereocenters. The number of ether oxygens (including phenoxy) is 1. The maximum atomic E-state index is 12.9. The number of methoxy groups -OCH3 is 1. The Morgan fingerprint density at radius 3 is 2.53 bits per heavy atom. The van der Waals surface area contributed by atoms with Crippen LogP contribution in [0.25, 0.3) is 27.4 Å². The molecule has 1 unspecified atom stereocenters. The van der Waals surface area contributed by atoms with Crippen molar-refractivity contribution in [2.75, 3.05) is 20.2 Å². The van der Waals surface area contributed by atoms with Crippen molar-refractivity contribution in [3.8, 4) is 11.5 Å². The Morgan fingerprint density at radius 1 is 1.21 bits per heavy atom. The van der Waals surface area contributed by atoms with Crippen LogP contribution in [0.1, 0.15) is 48.5 Å². The van der Waals surface area contributed by atoms with Gasteiger partial charge in [0.15, 0.2) is 11.3 Å². The van der Waals surface area contributed by atoms with Crippen LogP contribution in [0.4, 0.5) is 5.69 Å². The van der Waals surface area contributed by atoms with Crippen molar-refractivity contribution in [2.24, 2.45) is 5.92 Å². The Bertz CT molecular complexity index is 1230. The van der Waals surface area contributed by atoms with Crippen LogP contribution in [0.2, 0.25) is 0 Å². The monoisotopic (exact) mass is 460 g/mol. The van der Waals surface area contributed by atoms with E-state index in [1.807, 2.05) is 19.9 Å². The summed E-state index contributed by atoms with van der Waals surface area (Å²) in [5, 5.41) is 6.12. The quantitative estimate of drug-likeness (QED) is 0.417. The Balaban J connectivity index is 1.56. The van der Waals surface area contributed by atoms with E-state index >= 15 is 0 Å². The number of nitrogens with zero attached hydrogens (tertiary/aromatic N) is 2. The maximum absolute atomic E-state index is 12.9. The second-order valence-electron chi connectivity index (χ2n) is 8.81. The number of fused-ring (bicyclic) bond motifs is 1. The molecule has 1 aliphatic rings. The highest BCUT2D eigenvalue weighted by molar-refractivity contribution is 5.97. The molecule has 1 fully saturated rings. The molecule has 8 heteroatoms. The highest BCUT2D eigenvalue weighted by atomic mass is 16.5. The summed E-state index contributed by atoms with van der Waals surface area (Å²) in [5.41, 5.74) is 3.91. The molecule has 34 heavy (non-hydrogen) atoms. The Hall–Kier alpha value is -3.70. The van der Waals surface area contributed by atoms with E-state index in [0.717, 1.165) is 37.1 Å². The molecule has 176 valence electrons. The van der Waals surface area contributed by atoms with Crippen molar-refractivity contribution in [3.63, 3.8) is 0 Å². The third kappa shape index (κ3) is 4.80. The number of carbonyl (C=O) groups is 2. The lowest BCUT2D eigenvalue weighted by molar-refractivity contribution is -0.144. The van der Waals surface area contributed by atoms with Crippen LogP contribution in [0.15, 0.2) is 40.8 Å². The largest absolute Gasteiger partial charge is 0.467 e. The fourth-order valence-corrected chi connectivity index (χ4v) is 4.32. The first-order valence-electron chi connectivity index (χ1n) is 11.4. The highest BCUT2D eigenvalue weighted by Gasteiger charge is 2.32. The molecule has 1 aliphatic heterocycles. The summed E-state index contributed by atoms with van der Waals surface area (Å²) in [6, 6.07) is 9.78. The fourth-order valence-electron chi connectivity index (χ4n) is 4.32. The second-order valence-corrected chi connectivity index (χ2v) is 8.81. The van der Waals surface area contributed by atoms with E-state index in [9.17, 15) is 9.59 Å². The van der Waals surface area contributed by atoms with Crippen molar-refractivity contribution in [2.45, 2.75) is 38.6 Å². The summed E-state index contributed by atoms with van der Waals surface area (Å²) in [6.07, 6.45) is 1.59. The van der Waals surface area contributed by atoms with E-state index in [1.54, 1.807) is 30.3 Å². The van der Waals surface area contributed by atoms with Crippen LogP contribution in [0.3, 0.4) is 0 Å². The molecule has 4 rings (SSSR count). The molecule has 1 aromatic heterocycles. The van der Waals surface area contributed by atoms with E-state index in [2.05, 4.69) is 20.5 Å². The lowest BCUT2D eigenvalue weighted by Gasteiger charge is -2.29. The number of esters is 1. The topological polar surface area (TPSA) is 97.8 Å². The first-order chi connectivity index (χ1) is 16.4. The summed E-state index contributed by atoms with van der Waals surface area (Å²) in [5.74, 6) is -0.121. The molecule has 2 heterocycles. The molecule has 0 bridgehead atoms. The number of nitrogens with one attached hydrogen (secondary N) is 2. The van der Waals surface area contributed by atoms with Gasteiger partial charge in [-0.25, -0.2) is 14.6 Å². The Morgan fingerprint density at radius 2 is 1.91 bits per heavy atom. The van der Waals surface area contributed by atoms with Crippen molar-refractivity contribution in [3.05, 3.63) is 58.9 Å². The van der Waals surface area contributed by atoms with Crippen LogP contribution in [0, 0.1) is 12.5 Å². The molecule has 0 radical (unpaired) electrons. The van der Waals surface area contributed by atoms with Crippen LogP contribution in [0.5, 0.6) is 0 Å². The molecule has 0 spiro atoms. The van der Waals surface area contributed by atoms with Crippen molar-refractivity contribution in [1.82, 2.24) is 15.6 Å². The lowest BCUT2D eigenvalue weighted by atomic mass is 9.90. The van der Waals surface area contributed by atoms with Gasteiger partial charge in [0.2, 0.25) is 5.89 Å². The van der Waals surface area contributed by atoms with Crippen LogP contribution in [-0.4, -0.2) is 43.1 Å². The summed E-state index contributed by atoms with van der Waals surface area (Å²) in [7, 11) is 1.34. The van der Waals surface area contributed by atoms with E-state index in [0.29, 0.717) is 28.2 Å². The predicted octanol–water partition coefficient (Wildman–Crippen LogP) is 4.44. The smallest absolute Gasteiger partial charge is 0.328 e. The molecule has 8 nitrogen and oxygen atoms in total. The van der Waals surface area contributed by atoms with Gasteiger partial charge in [0.1, 0.15) is 6.04 Å². The van der Waals surface area contributed by atoms with Gasteiger partial charge in [-0.1, -0.05) is 13.8 Å². The van der Waals surface area contributed by atoms with Gasteiger partial charge >= 0.3 is 5.97 Å². The highest BCUT2D eigenvalue weighted by Crippen LogP contribution is 2.34. The van der Waals surface area contributed by atoms with Gasteiger partial charge in [-0.2, -0.15) is 0 Å². The predicted molar refractivity (Wildman–Crippen MR) is 129 cm³/mol. The van der Waals surface area contributed by atoms with E-state index in [4.69, 9.17) is 15.7 Å². The van der Waals surface area contributed by atoms with E-state index < -0.39 is 12.0 Å². The fraction of sp³-hybridized carbons (Fsp3) is 0.385. The minimum absolute atomic E-state index is 0.0344. The van der Waals surface area contributed by atoms with Gasteiger partial charge in [-0.3, -0.25) is 4.79 Å². The van der Waals surface area contributed by atoms with Crippen LogP contribution >= 0.6 is 0 Å². The minimum atomic E-state index is -0.678. The van der Waals surface area contributed by atoms with Crippen molar-refractivity contribution >= 4 is 28.7 Å². The third-order valence-electron chi connectivity index (χ3n) is 6.25. The third-order valence-corrected chi connectivity index (χ3v) is 6.25. The lowest BCUT2D eigenvalue weighted by Crippen LogP contribution is -2.49. The molecular weight excluding hydrogens is 432 g/mol. The second kappa shape index (κ2) is 10.1. The molecule has 2 N–H and O–H groups in total. The molecular formula is C26H28N4O4. The van der Waals surface area contributed by atoms with Gasteiger partial charge in [-0.15, -0.1) is 0 Å². The van der Waals surface area contributed by atoms with E-state index in [-0.39, 0.29) is 17.7 Å². The van der Waals surface area contributed by atoms with Gasteiger partial charge < -0.3 is 19.8 Å². The van der Waals surface area contributed by atoms with Crippen LogP contribution in [-0.2, 0) is 9.53 Å². The van der Waals surface area contributed by atoms with Gasteiger partial charge in [-0.05, 0) is 79.7 Å². The number of carbonyl (C=O) groups excluding carboxylic acids is 2. The first kappa shape index (κ1) is 23.5. The van der Waals surface area contributed by atoms with Crippen LogP contribution < -0.4 is 10.6 Å². The zero-order chi connectivity index (χ0) is 24.2. The number of benzene rings is 2. The number of piperidine rings is 1. The first-order valence-corrected chi connectivity index (χ1v) is 11.4. The standard InChI is InChI=1S/C26H28N4O4/c1-15(2)20-13-19(27-3)14-21-23(20)34-25(29-21)18-7-5-17(6-8-18)24(31)30-22(26(32)33-4)16-9-11-28-12-10-16/h5-8,13-16,22,28H,9-12H2,1-2,4H3,(H,30,31). The summed E-state index contributed by atoms with van der Waals surface area (Å²) < 4.78 is 11.0. The molecule has 3 aromatic rings. The molecule has 0 saturated carbocycles. The minimum Gasteiger partial charge on any atom is -0.467 e. The normalized spacial score (nSPS) is 15.1. The Kier molecular flexibility index (Phi) is 6.94. The zero-order valence-electron chi connectivity index (χ0n) is 19.6. The number of aromatic nitrogens is 1. The molecule has 1 saturated heterocycles. The summed E-state index contributed by atoms with van der Waals surface area (Å²) in [4.78, 5) is 33.3. The van der Waals surface area contributed by atoms with E-state index in [1.165, 1.54) is 7.11 Å². The molecule has 2 aromatic carbocycles. The van der Waals surface area contributed by atoms with Gasteiger partial charge in [0.25, 0.3) is 5.91 Å². The SMILES string of the molecule is [C-]#[N+]c1cc(C(C)C)c2oc(-c3ccc(C(=O)NC(C(=O)OC)C4CCNCC4)cc3)nc2c1. The maximum Gasteiger partial charge on any atom is 0.328 e. The zero-order valence-corrected chi connectivity index (χ0v) is 19.6. The van der Waals surface area contributed by atoms with Gasteiger partial charge in [0, 0.05) is 11.1 Å². The van der Waals surface area contributed by atoms with Crippen molar-refractivity contribution < 1.29 is 18.7 Å². The summed E-state index contributed by atoms with van der Waals surface area (Å²) in [6.45, 7) is 13.0. The average molecular weight is 461 g/mol. The number of hydrogen-bond acceptors (Lipinski definition) is 6. The number of hydrogen-bond donors (Lipinski definition) is 2. The number of oxazole rings is 1. The Labute approximate surface area is 198 Å². The summed E-state index contributed by atoms with van der Waals surface area (Å²) >= 11 is 0. The molecule has 0 aliphatic carbocycles.